The van der Waals surface area contributed by atoms with E-state index in [1.54, 1.807) is 0 Å². The number of halogens is 1. The predicted molar refractivity (Wildman–Crippen MR) is 97.4 cm³/mol. The number of hydrogen-bond donors (Lipinski definition) is 2. The van der Waals surface area contributed by atoms with Crippen LogP contribution < -0.4 is 11.1 Å². The maximum Gasteiger partial charge on any atom is 0.234 e. The molecule has 0 radical (unpaired) electrons. The molecule has 2 heterocycles. The van der Waals surface area contributed by atoms with Gasteiger partial charge in [-0.25, -0.2) is 4.98 Å². The van der Waals surface area contributed by atoms with E-state index in [4.69, 9.17) is 10.5 Å². The summed E-state index contributed by atoms with van der Waals surface area (Å²) in [6.07, 6.45) is 2.28. The molecule has 1 aliphatic rings. The lowest BCUT2D eigenvalue weighted by atomic mass is 9.79. The molecule has 3 N–H and O–H groups in total. The third-order valence-corrected chi connectivity index (χ3v) is 4.65. The van der Waals surface area contributed by atoms with E-state index in [-0.39, 0.29) is 18.3 Å². The molecule has 0 atom stereocenters. The van der Waals surface area contributed by atoms with Gasteiger partial charge in [0.05, 0.1) is 16.4 Å². The number of imidazole rings is 1. The van der Waals surface area contributed by atoms with Crippen molar-refractivity contribution in [3.8, 4) is 0 Å². The van der Waals surface area contributed by atoms with E-state index in [0.717, 1.165) is 24.0 Å². The van der Waals surface area contributed by atoms with Crippen molar-refractivity contribution in [3.63, 3.8) is 0 Å². The van der Waals surface area contributed by atoms with Gasteiger partial charge in [-0.15, -0.1) is 12.4 Å². The minimum atomic E-state index is -0.548. The fourth-order valence-electron chi connectivity index (χ4n) is 3.14. The highest BCUT2D eigenvalue weighted by atomic mass is 35.5. The summed E-state index contributed by atoms with van der Waals surface area (Å²) in [4.78, 5) is 17.4. The molecule has 1 amide bonds. The van der Waals surface area contributed by atoms with Crippen molar-refractivity contribution < 1.29 is 9.53 Å². The first-order chi connectivity index (χ1) is 11.2. The molecule has 0 unspecified atom stereocenters. The zero-order chi connectivity index (χ0) is 16.3. The second-order valence-electron chi connectivity index (χ2n) is 6.13. The van der Waals surface area contributed by atoms with E-state index >= 15 is 0 Å². The molecule has 0 spiro atoms. The quantitative estimate of drug-likeness (QED) is 0.866. The normalized spacial score (nSPS) is 16.6. The van der Waals surface area contributed by atoms with E-state index in [2.05, 4.69) is 21.8 Å². The highest BCUT2D eigenvalue weighted by Gasteiger charge is 2.39. The summed E-state index contributed by atoms with van der Waals surface area (Å²) >= 11 is 0. The summed E-state index contributed by atoms with van der Waals surface area (Å²) < 4.78 is 7.45. The van der Waals surface area contributed by atoms with Gasteiger partial charge in [-0.1, -0.05) is 19.1 Å². The molecule has 24 heavy (non-hydrogen) atoms. The summed E-state index contributed by atoms with van der Waals surface area (Å²) in [5.41, 5.74) is 7.31. The number of aryl methyl sites for hydroxylation is 1. The first-order valence-corrected chi connectivity index (χ1v) is 8.25. The van der Waals surface area contributed by atoms with E-state index in [0.29, 0.717) is 38.5 Å². The molecule has 6 nitrogen and oxygen atoms in total. The molecule has 1 fully saturated rings. The molecule has 0 saturated carbocycles. The van der Waals surface area contributed by atoms with Gasteiger partial charge in [0.2, 0.25) is 11.9 Å². The Balaban J connectivity index is 0.00000208. The van der Waals surface area contributed by atoms with Gasteiger partial charge in [0.15, 0.2) is 0 Å². The fraction of sp³-hybridized carbons (Fsp3) is 0.529. The largest absolute Gasteiger partial charge is 0.381 e. The molecular formula is C17H25ClN4O2. The average molecular weight is 353 g/mol. The summed E-state index contributed by atoms with van der Waals surface area (Å²) in [6, 6.07) is 7.93. The molecule has 0 aliphatic carbocycles. The Labute approximate surface area is 148 Å². The molecular weight excluding hydrogens is 328 g/mol. The molecule has 1 aromatic carbocycles. The Morgan fingerprint density at radius 3 is 2.75 bits per heavy atom. The molecule has 3 rings (SSSR count). The number of para-hydroxylation sites is 2. The number of fused-ring (bicyclic) bond motifs is 1. The van der Waals surface area contributed by atoms with Gasteiger partial charge in [0, 0.05) is 26.3 Å². The van der Waals surface area contributed by atoms with Crippen molar-refractivity contribution >= 4 is 35.3 Å². The first-order valence-electron chi connectivity index (χ1n) is 8.25. The SMILES string of the molecule is CCCn1c(NC(=O)C2(CN)CCOCC2)nc2ccccc21.Cl. The number of nitrogens with two attached hydrogens (primary N) is 1. The third-order valence-electron chi connectivity index (χ3n) is 4.65. The van der Waals surface area contributed by atoms with Crippen molar-refractivity contribution in [3.05, 3.63) is 24.3 Å². The number of nitrogens with one attached hydrogen (secondary N) is 1. The van der Waals surface area contributed by atoms with Gasteiger partial charge in [0.25, 0.3) is 0 Å². The van der Waals surface area contributed by atoms with Crippen LogP contribution in [0.1, 0.15) is 26.2 Å². The summed E-state index contributed by atoms with van der Waals surface area (Å²) in [6.45, 7) is 4.41. The Morgan fingerprint density at radius 1 is 1.38 bits per heavy atom. The number of anilines is 1. The third kappa shape index (κ3) is 3.41. The van der Waals surface area contributed by atoms with Gasteiger partial charge >= 0.3 is 0 Å². The molecule has 1 aromatic heterocycles. The van der Waals surface area contributed by atoms with Gasteiger partial charge in [0.1, 0.15) is 0 Å². The van der Waals surface area contributed by atoms with Crippen LogP contribution in [0.3, 0.4) is 0 Å². The van der Waals surface area contributed by atoms with Crippen LogP contribution in [0.25, 0.3) is 11.0 Å². The number of aromatic nitrogens is 2. The number of rotatable bonds is 5. The lowest BCUT2D eigenvalue weighted by Gasteiger charge is -2.34. The summed E-state index contributed by atoms with van der Waals surface area (Å²) in [7, 11) is 0. The predicted octanol–water partition coefficient (Wildman–Crippen LogP) is 2.56. The van der Waals surface area contributed by atoms with E-state index < -0.39 is 5.41 Å². The number of carbonyl (C=O) groups excluding carboxylic acids is 1. The number of amides is 1. The van der Waals surface area contributed by atoms with Crippen LogP contribution in [0.15, 0.2) is 24.3 Å². The van der Waals surface area contributed by atoms with Gasteiger partial charge in [-0.3, -0.25) is 10.1 Å². The zero-order valence-electron chi connectivity index (χ0n) is 14.0. The Kier molecular flexibility index (Phi) is 6.21. The van der Waals surface area contributed by atoms with Crippen LogP contribution in [0, 0.1) is 5.41 Å². The van der Waals surface area contributed by atoms with Crippen molar-refractivity contribution in [2.75, 3.05) is 25.1 Å². The lowest BCUT2D eigenvalue weighted by Crippen LogP contribution is -2.46. The summed E-state index contributed by atoms with van der Waals surface area (Å²) in [5.74, 6) is 0.563. The lowest BCUT2D eigenvalue weighted by molar-refractivity contribution is -0.130. The highest BCUT2D eigenvalue weighted by Crippen LogP contribution is 2.31. The molecule has 2 aromatic rings. The summed E-state index contributed by atoms with van der Waals surface area (Å²) in [5, 5.41) is 3.02. The van der Waals surface area contributed by atoms with Crippen LogP contribution in [-0.2, 0) is 16.1 Å². The Bertz CT molecular complexity index is 695. The average Bonchev–Trinajstić information content (AvgIpc) is 2.93. The standard InChI is InChI=1S/C17H24N4O2.ClH/c1-2-9-21-14-6-4-3-5-13(14)19-16(21)20-15(22)17(12-18)7-10-23-11-8-17;/h3-6H,2,7-12,18H2,1H3,(H,19,20,22);1H. The number of carbonyl (C=O) groups is 1. The first kappa shape index (κ1) is 18.7. The van der Waals surface area contributed by atoms with E-state index in [1.165, 1.54) is 0 Å². The number of benzene rings is 1. The highest BCUT2D eigenvalue weighted by molar-refractivity contribution is 5.95. The van der Waals surface area contributed by atoms with Gasteiger partial charge < -0.3 is 15.0 Å². The Hall–Kier alpha value is -1.63. The minimum absolute atomic E-state index is 0. The minimum Gasteiger partial charge on any atom is -0.381 e. The van der Waals surface area contributed by atoms with Crippen molar-refractivity contribution in [1.82, 2.24) is 9.55 Å². The smallest absolute Gasteiger partial charge is 0.234 e. The van der Waals surface area contributed by atoms with Crippen LogP contribution in [0.2, 0.25) is 0 Å². The topological polar surface area (TPSA) is 82.2 Å². The molecule has 7 heteroatoms. The van der Waals surface area contributed by atoms with Crippen LogP contribution in [-0.4, -0.2) is 35.2 Å². The second kappa shape index (κ2) is 7.96. The van der Waals surface area contributed by atoms with Crippen LogP contribution in [0.4, 0.5) is 5.95 Å². The fourth-order valence-corrected chi connectivity index (χ4v) is 3.14. The van der Waals surface area contributed by atoms with Gasteiger partial charge in [-0.2, -0.15) is 0 Å². The van der Waals surface area contributed by atoms with Crippen molar-refractivity contribution in [1.29, 1.82) is 0 Å². The maximum atomic E-state index is 12.9. The van der Waals surface area contributed by atoms with Gasteiger partial charge in [-0.05, 0) is 31.4 Å². The number of ether oxygens (including phenoxy) is 1. The second-order valence-corrected chi connectivity index (χ2v) is 6.13. The number of nitrogens with zero attached hydrogens (tertiary/aromatic N) is 2. The number of hydrogen-bond acceptors (Lipinski definition) is 4. The zero-order valence-corrected chi connectivity index (χ0v) is 14.8. The van der Waals surface area contributed by atoms with E-state index in [1.807, 2.05) is 24.3 Å². The maximum absolute atomic E-state index is 12.9. The monoisotopic (exact) mass is 352 g/mol. The molecule has 1 saturated heterocycles. The van der Waals surface area contributed by atoms with E-state index in [9.17, 15) is 4.79 Å². The van der Waals surface area contributed by atoms with Crippen LogP contribution >= 0.6 is 12.4 Å². The van der Waals surface area contributed by atoms with Crippen molar-refractivity contribution in [2.45, 2.75) is 32.7 Å². The van der Waals surface area contributed by atoms with Crippen molar-refractivity contribution in [2.24, 2.45) is 11.1 Å². The molecule has 0 bridgehead atoms. The Morgan fingerprint density at radius 2 is 2.08 bits per heavy atom. The molecule has 132 valence electrons. The molecule has 1 aliphatic heterocycles. The van der Waals surface area contributed by atoms with Crippen LogP contribution in [0.5, 0.6) is 0 Å².